The summed E-state index contributed by atoms with van der Waals surface area (Å²) in [6.45, 7) is 0.476. The molecule has 0 aliphatic heterocycles. The molecule has 0 aromatic rings. The third kappa shape index (κ3) is 12.5. The van der Waals surface area contributed by atoms with Crippen LogP contribution in [0.1, 0.15) is 44.9 Å². The van der Waals surface area contributed by atoms with Gasteiger partial charge in [-0.15, -0.1) is 0 Å². The van der Waals surface area contributed by atoms with Crippen molar-refractivity contribution in [2.75, 3.05) is 19.6 Å². The normalized spacial score (nSPS) is 13.5. The molecule has 3 atom stereocenters. The predicted molar refractivity (Wildman–Crippen MR) is 112 cm³/mol. The van der Waals surface area contributed by atoms with Gasteiger partial charge >= 0.3 is 5.97 Å². The number of amides is 4. The number of unbranched alkanes of at least 4 members (excludes halogenated alkanes) is 2. The molecule has 0 aromatic carbocycles. The summed E-state index contributed by atoms with van der Waals surface area (Å²) in [6.07, 6.45) is 2.12. The molecule has 13 heteroatoms. The van der Waals surface area contributed by atoms with Gasteiger partial charge in [-0.25, -0.2) is 4.79 Å². The summed E-state index contributed by atoms with van der Waals surface area (Å²) >= 11 is 0. The van der Waals surface area contributed by atoms with E-state index in [1.165, 1.54) is 0 Å². The molecular formula is C18H35N7O6. The summed E-state index contributed by atoms with van der Waals surface area (Å²) in [5.41, 5.74) is 21.2. The van der Waals surface area contributed by atoms with Gasteiger partial charge in [-0.05, 0) is 51.6 Å². The first-order valence-corrected chi connectivity index (χ1v) is 10.2. The van der Waals surface area contributed by atoms with E-state index in [0.29, 0.717) is 38.8 Å². The molecule has 4 amide bonds. The van der Waals surface area contributed by atoms with Crippen LogP contribution in [0, 0.1) is 0 Å². The molecule has 0 heterocycles. The Morgan fingerprint density at radius 1 is 0.710 bits per heavy atom. The predicted octanol–water partition coefficient (Wildman–Crippen LogP) is -3.38. The molecule has 0 aromatic heterocycles. The van der Waals surface area contributed by atoms with E-state index < -0.39 is 54.1 Å². The van der Waals surface area contributed by atoms with Gasteiger partial charge in [0, 0.05) is 0 Å². The van der Waals surface area contributed by atoms with Crippen LogP contribution in [0.4, 0.5) is 0 Å². The first-order chi connectivity index (χ1) is 14.7. The summed E-state index contributed by atoms with van der Waals surface area (Å²) in [4.78, 5) is 59.4. The lowest BCUT2D eigenvalue weighted by Gasteiger charge is -2.24. The van der Waals surface area contributed by atoms with Crippen LogP contribution in [0.3, 0.4) is 0 Å². The molecule has 0 bridgehead atoms. The number of rotatable bonds is 17. The van der Waals surface area contributed by atoms with E-state index >= 15 is 0 Å². The van der Waals surface area contributed by atoms with Gasteiger partial charge in [0.25, 0.3) is 0 Å². The van der Waals surface area contributed by atoms with Crippen LogP contribution >= 0.6 is 0 Å². The van der Waals surface area contributed by atoms with E-state index in [9.17, 15) is 29.1 Å². The number of hydrogen-bond acceptors (Lipinski definition) is 8. The third-order valence-corrected chi connectivity index (χ3v) is 4.38. The van der Waals surface area contributed by atoms with E-state index in [1.807, 2.05) is 0 Å². The maximum atomic E-state index is 12.7. The minimum atomic E-state index is -1.53. The highest BCUT2D eigenvalue weighted by Gasteiger charge is 2.29. The second-order valence-electron chi connectivity index (χ2n) is 7.02. The fourth-order valence-corrected chi connectivity index (χ4v) is 2.72. The summed E-state index contributed by atoms with van der Waals surface area (Å²) in [6, 6.07) is -3.56. The Morgan fingerprint density at radius 2 is 1.16 bits per heavy atom. The largest absolute Gasteiger partial charge is 0.480 e. The summed E-state index contributed by atoms with van der Waals surface area (Å²) in [7, 11) is 0. The van der Waals surface area contributed by atoms with Crippen LogP contribution in [-0.2, 0) is 24.0 Å². The number of hydrogen-bond donors (Lipinski definition) is 8. The quantitative estimate of drug-likeness (QED) is 0.104. The number of carboxylic acids is 1. The van der Waals surface area contributed by atoms with Crippen molar-refractivity contribution in [1.82, 2.24) is 16.0 Å². The highest BCUT2D eigenvalue weighted by Crippen LogP contribution is 2.06. The molecule has 0 saturated carbocycles. The van der Waals surface area contributed by atoms with Gasteiger partial charge in [0.15, 0.2) is 0 Å². The Morgan fingerprint density at radius 3 is 1.55 bits per heavy atom. The smallest absolute Gasteiger partial charge is 0.326 e. The fraction of sp³-hybridized carbons (Fsp3) is 0.722. The lowest BCUT2D eigenvalue weighted by Crippen LogP contribution is -2.56. The number of carbonyl (C=O) groups excluding carboxylic acids is 4. The molecule has 0 aliphatic rings. The highest BCUT2D eigenvalue weighted by molar-refractivity contribution is 5.94. The second-order valence-corrected chi connectivity index (χ2v) is 7.02. The number of carboxylic acid groups (broad SMARTS) is 1. The van der Waals surface area contributed by atoms with Crippen molar-refractivity contribution in [1.29, 1.82) is 0 Å². The van der Waals surface area contributed by atoms with E-state index in [-0.39, 0.29) is 19.4 Å². The van der Waals surface area contributed by atoms with Crippen molar-refractivity contribution in [3.63, 3.8) is 0 Å². The van der Waals surface area contributed by atoms with Crippen LogP contribution in [0.15, 0.2) is 0 Å². The number of carbonyl (C=O) groups is 5. The van der Waals surface area contributed by atoms with Gasteiger partial charge in [0.2, 0.25) is 23.6 Å². The average molecular weight is 446 g/mol. The van der Waals surface area contributed by atoms with Gasteiger partial charge in [-0.1, -0.05) is 0 Å². The Balaban J connectivity index is 5.34. The fourth-order valence-electron chi connectivity index (χ4n) is 2.72. The molecule has 0 radical (unpaired) electrons. The maximum absolute atomic E-state index is 12.7. The molecule has 3 unspecified atom stereocenters. The number of nitrogens with one attached hydrogen (secondary N) is 3. The van der Waals surface area contributed by atoms with E-state index in [4.69, 9.17) is 22.9 Å². The van der Waals surface area contributed by atoms with Crippen LogP contribution in [-0.4, -0.2) is 72.5 Å². The SMILES string of the molecule is NCCCCC(NC(=O)CN)C(=O)NC(CCCCN)C(=O)NC(CC(N)=O)C(=O)O. The Bertz CT molecular complexity index is 616. The van der Waals surface area contributed by atoms with Crippen molar-refractivity contribution in [2.24, 2.45) is 22.9 Å². The molecule has 0 saturated heterocycles. The van der Waals surface area contributed by atoms with Crippen molar-refractivity contribution in [3.8, 4) is 0 Å². The Labute approximate surface area is 181 Å². The number of primary amides is 1. The molecule has 12 N–H and O–H groups in total. The minimum Gasteiger partial charge on any atom is -0.480 e. The molecule has 0 spiro atoms. The van der Waals surface area contributed by atoms with Crippen LogP contribution < -0.4 is 38.9 Å². The third-order valence-electron chi connectivity index (χ3n) is 4.38. The van der Waals surface area contributed by atoms with Crippen molar-refractivity contribution in [3.05, 3.63) is 0 Å². The maximum Gasteiger partial charge on any atom is 0.326 e. The molecule has 0 fully saturated rings. The molecule has 178 valence electrons. The highest BCUT2D eigenvalue weighted by atomic mass is 16.4. The van der Waals surface area contributed by atoms with Crippen LogP contribution in [0.25, 0.3) is 0 Å². The van der Waals surface area contributed by atoms with Crippen LogP contribution in [0.2, 0.25) is 0 Å². The zero-order valence-corrected chi connectivity index (χ0v) is 17.6. The summed E-state index contributed by atoms with van der Waals surface area (Å²) < 4.78 is 0. The lowest BCUT2D eigenvalue weighted by molar-refractivity contribution is -0.143. The van der Waals surface area contributed by atoms with Gasteiger partial charge in [-0.3, -0.25) is 19.2 Å². The van der Waals surface area contributed by atoms with E-state index in [1.54, 1.807) is 0 Å². The van der Waals surface area contributed by atoms with E-state index in [0.717, 1.165) is 0 Å². The molecule has 0 aliphatic carbocycles. The topological polar surface area (TPSA) is 246 Å². The first-order valence-electron chi connectivity index (χ1n) is 10.2. The molecule has 31 heavy (non-hydrogen) atoms. The van der Waals surface area contributed by atoms with Gasteiger partial charge in [-0.2, -0.15) is 0 Å². The zero-order valence-electron chi connectivity index (χ0n) is 17.6. The Hall–Kier alpha value is -2.77. The standard InChI is InChI=1S/C18H35N7O6/c19-7-3-1-5-11(23-15(27)10-21)16(28)24-12(6-2-4-8-20)17(29)25-13(18(30)31)9-14(22)26/h11-13H,1-10,19-21H2,(H2,22,26)(H,23,27)(H,24,28)(H,25,29)(H,30,31). The summed E-state index contributed by atoms with van der Waals surface area (Å²) in [5, 5.41) is 16.4. The second kappa shape index (κ2) is 16.0. The molecule has 0 rings (SSSR count). The van der Waals surface area contributed by atoms with Gasteiger partial charge < -0.3 is 44.0 Å². The zero-order chi connectivity index (χ0) is 23.8. The lowest BCUT2D eigenvalue weighted by atomic mass is 10.0. The van der Waals surface area contributed by atoms with Crippen molar-refractivity contribution < 1.29 is 29.1 Å². The monoisotopic (exact) mass is 445 g/mol. The molecule has 13 nitrogen and oxygen atoms in total. The van der Waals surface area contributed by atoms with Crippen molar-refractivity contribution in [2.45, 2.75) is 63.1 Å². The minimum absolute atomic E-state index is 0.179. The Kier molecular flexibility index (Phi) is 14.6. The van der Waals surface area contributed by atoms with Crippen LogP contribution in [0.5, 0.6) is 0 Å². The summed E-state index contributed by atoms with van der Waals surface area (Å²) in [5.74, 6) is -4.28. The van der Waals surface area contributed by atoms with Gasteiger partial charge in [0.05, 0.1) is 13.0 Å². The number of nitrogens with two attached hydrogens (primary N) is 4. The number of aliphatic carboxylic acids is 1. The first kappa shape index (κ1) is 28.2. The van der Waals surface area contributed by atoms with Gasteiger partial charge in [0.1, 0.15) is 18.1 Å². The van der Waals surface area contributed by atoms with E-state index in [2.05, 4.69) is 16.0 Å². The van der Waals surface area contributed by atoms with Crippen molar-refractivity contribution >= 4 is 29.6 Å². The average Bonchev–Trinajstić information content (AvgIpc) is 2.71. The molecular weight excluding hydrogens is 410 g/mol.